The molecule has 128 valence electrons. The zero-order valence-electron chi connectivity index (χ0n) is 14.0. The number of aromatic nitrogens is 2. The fourth-order valence-electron chi connectivity index (χ4n) is 2.34. The molecule has 3 aromatic rings. The summed E-state index contributed by atoms with van der Waals surface area (Å²) in [4.78, 5) is 21.1. The second-order valence-electron chi connectivity index (χ2n) is 6.05. The van der Waals surface area contributed by atoms with Crippen LogP contribution in [-0.4, -0.2) is 22.7 Å². The molecule has 2 heterocycles. The van der Waals surface area contributed by atoms with Gasteiger partial charge in [0.25, 0.3) is 0 Å². The van der Waals surface area contributed by atoms with Crippen molar-refractivity contribution in [2.24, 2.45) is 5.92 Å². The van der Waals surface area contributed by atoms with Gasteiger partial charge in [-0.15, -0.1) is 0 Å². The van der Waals surface area contributed by atoms with Crippen LogP contribution in [0.5, 0.6) is 0 Å². The van der Waals surface area contributed by atoms with Crippen LogP contribution in [-0.2, 0) is 4.74 Å². The van der Waals surface area contributed by atoms with Gasteiger partial charge in [0.05, 0.1) is 29.2 Å². The van der Waals surface area contributed by atoms with E-state index in [1.807, 2.05) is 56.3 Å². The maximum absolute atomic E-state index is 12.1. The fraction of sp³-hybridized carbons (Fsp3) is 0.211. The Bertz CT molecular complexity index is 898. The van der Waals surface area contributed by atoms with Crippen molar-refractivity contribution in [3.63, 3.8) is 0 Å². The molecule has 0 radical (unpaired) electrons. The molecule has 3 rings (SSSR count). The third-order valence-corrected chi connectivity index (χ3v) is 3.98. The maximum atomic E-state index is 12.1. The number of pyridine rings is 2. The lowest BCUT2D eigenvalue weighted by molar-refractivity contribution is 0.147. The number of carbonyl (C=O) groups is 1. The highest BCUT2D eigenvalue weighted by Gasteiger charge is 2.12. The van der Waals surface area contributed by atoms with Crippen LogP contribution in [0.15, 0.2) is 53.1 Å². The van der Waals surface area contributed by atoms with Gasteiger partial charge in [0, 0.05) is 16.1 Å². The van der Waals surface area contributed by atoms with Crippen LogP contribution in [0.4, 0.5) is 10.5 Å². The van der Waals surface area contributed by atoms with E-state index in [1.54, 1.807) is 6.20 Å². The van der Waals surface area contributed by atoms with Crippen LogP contribution in [0.1, 0.15) is 13.8 Å². The van der Waals surface area contributed by atoms with Gasteiger partial charge in [-0.05, 0) is 42.3 Å². The van der Waals surface area contributed by atoms with Crippen LogP contribution in [0.25, 0.3) is 22.3 Å². The molecule has 6 heteroatoms. The van der Waals surface area contributed by atoms with Gasteiger partial charge in [-0.2, -0.15) is 0 Å². The Labute approximate surface area is 154 Å². The zero-order chi connectivity index (χ0) is 17.8. The zero-order valence-corrected chi connectivity index (χ0v) is 15.6. The van der Waals surface area contributed by atoms with Crippen molar-refractivity contribution in [3.8, 4) is 11.4 Å². The highest BCUT2D eigenvalue weighted by Crippen LogP contribution is 2.29. The van der Waals surface area contributed by atoms with Gasteiger partial charge in [0.2, 0.25) is 0 Å². The summed E-state index contributed by atoms with van der Waals surface area (Å²) in [6.45, 7) is 4.35. The molecule has 0 unspecified atom stereocenters. The van der Waals surface area contributed by atoms with Crippen molar-refractivity contribution in [3.05, 3.63) is 53.1 Å². The van der Waals surface area contributed by atoms with Crippen molar-refractivity contribution < 1.29 is 9.53 Å². The lowest BCUT2D eigenvalue weighted by atomic mass is 10.1. The van der Waals surface area contributed by atoms with Gasteiger partial charge < -0.3 is 4.74 Å². The lowest BCUT2D eigenvalue weighted by Gasteiger charge is -2.12. The van der Waals surface area contributed by atoms with Gasteiger partial charge in [-0.1, -0.05) is 35.8 Å². The molecule has 0 aliphatic heterocycles. The van der Waals surface area contributed by atoms with Crippen molar-refractivity contribution in [1.29, 1.82) is 0 Å². The van der Waals surface area contributed by atoms with Crippen molar-refractivity contribution in [2.75, 3.05) is 11.9 Å². The molecule has 2 aromatic heterocycles. The number of rotatable bonds is 4. The number of halogens is 1. The van der Waals surface area contributed by atoms with Crippen molar-refractivity contribution in [1.82, 2.24) is 9.97 Å². The lowest BCUT2D eigenvalue weighted by Crippen LogP contribution is -2.17. The van der Waals surface area contributed by atoms with E-state index in [-0.39, 0.29) is 5.92 Å². The number of nitrogens with one attached hydrogen (secondary N) is 1. The average molecular weight is 400 g/mol. The number of carbonyl (C=O) groups excluding carboxylic acids is 1. The molecular weight excluding hydrogens is 382 g/mol. The summed E-state index contributed by atoms with van der Waals surface area (Å²) in [5.41, 5.74) is 2.84. The van der Waals surface area contributed by atoms with E-state index in [1.165, 1.54) is 0 Å². The van der Waals surface area contributed by atoms with Gasteiger partial charge in [0.1, 0.15) is 0 Å². The molecule has 5 nitrogen and oxygen atoms in total. The number of anilines is 1. The Kier molecular flexibility index (Phi) is 5.28. The third-order valence-electron chi connectivity index (χ3n) is 3.48. The summed E-state index contributed by atoms with van der Waals surface area (Å²) < 4.78 is 6.14. The molecule has 0 bridgehead atoms. The predicted molar refractivity (Wildman–Crippen MR) is 102 cm³/mol. The number of hydrogen-bond donors (Lipinski definition) is 1. The molecule has 0 spiro atoms. The second-order valence-corrected chi connectivity index (χ2v) is 6.96. The molecule has 1 aromatic carbocycles. The first-order valence-electron chi connectivity index (χ1n) is 7.98. The molecule has 1 amide bonds. The largest absolute Gasteiger partial charge is 0.449 e. The van der Waals surface area contributed by atoms with Crippen LogP contribution in [0, 0.1) is 5.92 Å². The van der Waals surface area contributed by atoms with Gasteiger partial charge in [0.15, 0.2) is 0 Å². The van der Waals surface area contributed by atoms with E-state index in [4.69, 9.17) is 4.74 Å². The minimum Gasteiger partial charge on any atom is -0.449 e. The number of amides is 1. The molecule has 0 saturated heterocycles. The second kappa shape index (κ2) is 7.61. The molecule has 25 heavy (non-hydrogen) atoms. The fourth-order valence-corrected chi connectivity index (χ4v) is 2.70. The number of nitrogens with zero attached hydrogens (tertiary/aromatic N) is 2. The van der Waals surface area contributed by atoms with Crippen LogP contribution in [0.2, 0.25) is 0 Å². The smallest absolute Gasteiger partial charge is 0.411 e. The van der Waals surface area contributed by atoms with E-state index < -0.39 is 6.09 Å². The Morgan fingerprint density at radius 3 is 2.76 bits per heavy atom. The Morgan fingerprint density at radius 2 is 2.04 bits per heavy atom. The van der Waals surface area contributed by atoms with Gasteiger partial charge in [-0.3, -0.25) is 10.3 Å². The third kappa shape index (κ3) is 4.33. The summed E-state index contributed by atoms with van der Waals surface area (Å²) in [5, 5.41) is 3.66. The number of fused-ring (bicyclic) bond motifs is 1. The molecule has 0 aliphatic rings. The minimum atomic E-state index is -0.479. The Balaban J connectivity index is 2.02. The topological polar surface area (TPSA) is 64.1 Å². The normalized spacial score (nSPS) is 10.9. The quantitative estimate of drug-likeness (QED) is 0.649. The monoisotopic (exact) mass is 399 g/mol. The minimum absolute atomic E-state index is 0.276. The molecule has 0 aliphatic carbocycles. The molecule has 0 atom stereocenters. The van der Waals surface area contributed by atoms with Crippen molar-refractivity contribution in [2.45, 2.75) is 13.8 Å². The number of hydrogen-bond acceptors (Lipinski definition) is 4. The van der Waals surface area contributed by atoms with E-state index in [2.05, 4.69) is 31.2 Å². The van der Waals surface area contributed by atoms with E-state index >= 15 is 0 Å². The molecule has 0 fully saturated rings. The first-order valence-corrected chi connectivity index (χ1v) is 8.77. The first-order chi connectivity index (χ1) is 12.0. The maximum Gasteiger partial charge on any atom is 0.411 e. The van der Waals surface area contributed by atoms with Crippen LogP contribution in [0.3, 0.4) is 0 Å². The van der Waals surface area contributed by atoms with Gasteiger partial charge in [-0.25, -0.2) is 9.78 Å². The number of ether oxygens (including phenoxy) is 1. The predicted octanol–water partition coefficient (Wildman–Crippen LogP) is 5.26. The Hall–Kier alpha value is -2.47. The summed E-state index contributed by atoms with van der Waals surface area (Å²) in [7, 11) is 0. The first kappa shape index (κ1) is 17.4. The Morgan fingerprint density at radius 1 is 1.20 bits per heavy atom. The number of benzene rings is 1. The SMILES string of the molecule is CC(C)COC(=O)Nc1cc(-c2ccccn2)nc2ccc(Br)cc12. The summed E-state index contributed by atoms with van der Waals surface area (Å²) in [5.74, 6) is 0.276. The van der Waals surface area contributed by atoms with E-state index in [0.29, 0.717) is 18.0 Å². The van der Waals surface area contributed by atoms with E-state index in [9.17, 15) is 4.79 Å². The van der Waals surface area contributed by atoms with Crippen LogP contribution < -0.4 is 5.32 Å². The highest BCUT2D eigenvalue weighted by molar-refractivity contribution is 9.10. The van der Waals surface area contributed by atoms with Gasteiger partial charge >= 0.3 is 6.09 Å². The average Bonchev–Trinajstić information content (AvgIpc) is 2.61. The van der Waals surface area contributed by atoms with Crippen molar-refractivity contribution >= 4 is 38.6 Å². The highest BCUT2D eigenvalue weighted by atomic mass is 79.9. The summed E-state index contributed by atoms with van der Waals surface area (Å²) in [6, 6.07) is 13.2. The molecule has 0 saturated carbocycles. The van der Waals surface area contributed by atoms with E-state index in [0.717, 1.165) is 21.1 Å². The summed E-state index contributed by atoms with van der Waals surface area (Å²) in [6.07, 6.45) is 1.24. The standard InChI is InChI=1S/C19H18BrN3O2/c1-12(2)11-25-19(24)23-17-10-18(16-5-3-4-8-21-16)22-15-7-6-13(20)9-14(15)17/h3-10,12H,11H2,1-2H3,(H,22,23,24). The summed E-state index contributed by atoms with van der Waals surface area (Å²) >= 11 is 3.46. The van der Waals surface area contributed by atoms with Crippen LogP contribution >= 0.6 is 15.9 Å². The molecule has 1 N–H and O–H groups in total. The molecular formula is C19H18BrN3O2.